The highest BCUT2D eigenvalue weighted by molar-refractivity contribution is 6.31. The Kier molecular flexibility index (Phi) is 3.59. The number of aliphatic hydroxyl groups is 1. The number of hydrogen-bond donors (Lipinski definition) is 2. The molecule has 1 atom stereocenters. The fraction of sp³-hybridized carbons (Fsp3) is 0.333. The van der Waals surface area contributed by atoms with Gasteiger partial charge in [0.05, 0.1) is 11.7 Å². The minimum absolute atomic E-state index is 0.0922. The van der Waals surface area contributed by atoms with E-state index in [-0.39, 0.29) is 17.1 Å². The normalized spacial score (nSPS) is 14.0. The molecule has 0 aliphatic rings. The van der Waals surface area contributed by atoms with E-state index in [0.717, 1.165) is 18.2 Å². The number of nitrogens with two attached hydrogens (primary N) is 1. The van der Waals surface area contributed by atoms with Crippen molar-refractivity contribution in [3.8, 4) is 0 Å². The zero-order chi connectivity index (χ0) is 11.6. The van der Waals surface area contributed by atoms with Gasteiger partial charge >= 0.3 is 6.18 Å². The zero-order valence-electron chi connectivity index (χ0n) is 7.55. The SMILES string of the molecule is NC[C@H](O)c1ccc(C(F)(F)F)cc1Cl. The van der Waals surface area contributed by atoms with Crippen LogP contribution in [0.15, 0.2) is 18.2 Å². The van der Waals surface area contributed by atoms with E-state index >= 15 is 0 Å². The van der Waals surface area contributed by atoms with Gasteiger partial charge in [-0.25, -0.2) is 0 Å². The predicted molar refractivity (Wildman–Crippen MR) is 50.5 cm³/mol. The fourth-order valence-electron chi connectivity index (χ4n) is 1.10. The van der Waals surface area contributed by atoms with Crippen molar-refractivity contribution >= 4 is 11.6 Å². The Hall–Kier alpha value is -0.780. The summed E-state index contributed by atoms with van der Waals surface area (Å²) in [4.78, 5) is 0. The van der Waals surface area contributed by atoms with Crippen LogP contribution in [0.2, 0.25) is 5.02 Å². The van der Waals surface area contributed by atoms with Gasteiger partial charge in [-0.15, -0.1) is 0 Å². The smallest absolute Gasteiger partial charge is 0.387 e. The maximum absolute atomic E-state index is 12.2. The van der Waals surface area contributed by atoms with E-state index < -0.39 is 17.8 Å². The zero-order valence-corrected chi connectivity index (χ0v) is 8.31. The highest BCUT2D eigenvalue weighted by Crippen LogP contribution is 2.33. The molecule has 6 heteroatoms. The van der Waals surface area contributed by atoms with Gasteiger partial charge in [-0.3, -0.25) is 0 Å². The molecule has 0 saturated heterocycles. The molecule has 1 rings (SSSR count). The van der Waals surface area contributed by atoms with Gasteiger partial charge in [0.2, 0.25) is 0 Å². The summed E-state index contributed by atoms with van der Waals surface area (Å²) in [5, 5.41) is 9.18. The van der Waals surface area contributed by atoms with Gasteiger partial charge in [-0.05, 0) is 12.1 Å². The third kappa shape index (κ3) is 2.84. The molecule has 1 aromatic carbocycles. The van der Waals surface area contributed by atoms with Crippen LogP contribution in [0.4, 0.5) is 13.2 Å². The molecule has 3 N–H and O–H groups in total. The molecule has 0 radical (unpaired) electrons. The molecule has 0 aliphatic heterocycles. The second-order valence-electron chi connectivity index (χ2n) is 2.99. The standard InChI is InChI=1S/C9H9ClF3NO/c10-7-3-5(9(11,12)13)1-2-6(7)8(15)4-14/h1-3,8,15H,4,14H2/t8-/m0/s1. The van der Waals surface area contributed by atoms with Crippen LogP contribution in [-0.2, 0) is 6.18 Å². The van der Waals surface area contributed by atoms with Crippen molar-refractivity contribution in [2.24, 2.45) is 5.73 Å². The van der Waals surface area contributed by atoms with Crippen molar-refractivity contribution in [3.05, 3.63) is 34.3 Å². The highest BCUT2D eigenvalue weighted by atomic mass is 35.5. The molecule has 0 amide bonds. The molecule has 0 spiro atoms. The first kappa shape index (κ1) is 12.3. The lowest BCUT2D eigenvalue weighted by Gasteiger charge is -2.12. The minimum atomic E-state index is -4.43. The molecule has 0 unspecified atom stereocenters. The molecular weight excluding hydrogens is 231 g/mol. The van der Waals surface area contributed by atoms with E-state index in [1.54, 1.807) is 0 Å². The summed E-state index contributed by atoms with van der Waals surface area (Å²) in [6, 6.07) is 2.76. The van der Waals surface area contributed by atoms with Crippen molar-refractivity contribution in [3.63, 3.8) is 0 Å². The summed E-state index contributed by atoms with van der Waals surface area (Å²) in [7, 11) is 0. The molecule has 1 aromatic rings. The molecule has 84 valence electrons. The first-order valence-corrected chi connectivity index (χ1v) is 4.49. The summed E-state index contributed by atoms with van der Waals surface area (Å²) in [6.45, 7) is -0.0922. The highest BCUT2D eigenvalue weighted by Gasteiger charge is 2.31. The second kappa shape index (κ2) is 4.38. The van der Waals surface area contributed by atoms with Gasteiger partial charge in [0, 0.05) is 17.1 Å². The first-order valence-electron chi connectivity index (χ1n) is 4.11. The largest absolute Gasteiger partial charge is 0.416 e. The summed E-state index contributed by atoms with van der Waals surface area (Å²) < 4.78 is 36.7. The van der Waals surface area contributed by atoms with Crippen LogP contribution in [0.1, 0.15) is 17.2 Å². The maximum atomic E-state index is 12.2. The lowest BCUT2D eigenvalue weighted by atomic mass is 10.1. The minimum Gasteiger partial charge on any atom is -0.387 e. The number of rotatable bonds is 2. The molecule has 15 heavy (non-hydrogen) atoms. The molecule has 0 fully saturated rings. The van der Waals surface area contributed by atoms with Crippen LogP contribution in [-0.4, -0.2) is 11.7 Å². The molecule has 0 aliphatic carbocycles. The molecule has 2 nitrogen and oxygen atoms in total. The van der Waals surface area contributed by atoms with Crippen molar-refractivity contribution < 1.29 is 18.3 Å². The number of alkyl halides is 3. The molecule has 0 bridgehead atoms. The summed E-state index contributed by atoms with van der Waals surface area (Å²) in [5.41, 5.74) is 4.52. The monoisotopic (exact) mass is 239 g/mol. The Bertz CT molecular complexity index is 354. The lowest BCUT2D eigenvalue weighted by molar-refractivity contribution is -0.137. The Balaban J connectivity index is 3.09. The van der Waals surface area contributed by atoms with Gasteiger partial charge in [-0.1, -0.05) is 17.7 Å². The van der Waals surface area contributed by atoms with Crippen molar-refractivity contribution in [2.75, 3.05) is 6.54 Å². The van der Waals surface area contributed by atoms with Crippen LogP contribution in [0.3, 0.4) is 0 Å². The second-order valence-corrected chi connectivity index (χ2v) is 3.39. The summed E-state index contributed by atoms with van der Waals surface area (Å²) in [5.74, 6) is 0. The van der Waals surface area contributed by atoms with E-state index in [4.69, 9.17) is 17.3 Å². The third-order valence-corrected chi connectivity index (χ3v) is 2.24. The van der Waals surface area contributed by atoms with Crippen molar-refractivity contribution in [1.29, 1.82) is 0 Å². The Morgan fingerprint density at radius 2 is 2.00 bits per heavy atom. The number of aliphatic hydroxyl groups excluding tert-OH is 1. The molecule has 0 saturated carbocycles. The third-order valence-electron chi connectivity index (χ3n) is 1.91. The maximum Gasteiger partial charge on any atom is 0.416 e. The summed E-state index contributed by atoms with van der Waals surface area (Å²) >= 11 is 5.59. The van der Waals surface area contributed by atoms with Gasteiger partial charge in [0.15, 0.2) is 0 Å². The van der Waals surface area contributed by atoms with Gasteiger partial charge in [0.25, 0.3) is 0 Å². The Morgan fingerprint density at radius 1 is 1.40 bits per heavy atom. The first-order chi connectivity index (χ1) is 6.86. The number of hydrogen-bond acceptors (Lipinski definition) is 2. The van der Waals surface area contributed by atoms with Crippen LogP contribution < -0.4 is 5.73 Å². The van der Waals surface area contributed by atoms with Crippen LogP contribution in [0.25, 0.3) is 0 Å². The Morgan fingerprint density at radius 3 is 2.40 bits per heavy atom. The van der Waals surface area contributed by atoms with Gasteiger partial charge in [0.1, 0.15) is 0 Å². The van der Waals surface area contributed by atoms with Crippen molar-refractivity contribution in [1.82, 2.24) is 0 Å². The summed E-state index contributed by atoms with van der Waals surface area (Å²) in [6.07, 6.45) is -5.48. The lowest BCUT2D eigenvalue weighted by Crippen LogP contribution is -2.13. The molecule has 0 heterocycles. The Labute approximate surface area is 89.5 Å². The van der Waals surface area contributed by atoms with Crippen LogP contribution in [0, 0.1) is 0 Å². The van der Waals surface area contributed by atoms with E-state index in [9.17, 15) is 18.3 Å². The van der Waals surface area contributed by atoms with E-state index in [2.05, 4.69) is 0 Å². The van der Waals surface area contributed by atoms with Crippen molar-refractivity contribution in [2.45, 2.75) is 12.3 Å². The fourth-order valence-corrected chi connectivity index (χ4v) is 1.41. The number of halogens is 4. The van der Waals surface area contributed by atoms with E-state index in [1.807, 2.05) is 0 Å². The number of benzene rings is 1. The van der Waals surface area contributed by atoms with Gasteiger partial charge < -0.3 is 10.8 Å². The average Bonchev–Trinajstić information content (AvgIpc) is 2.15. The average molecular weight is 240 g/mol. The molecular formula is C9H9ClF3NO. The van der Waals surface area contributed by atoms with E-state index in [0.29, 0.717) is 0 Å². The predicted octanol–water partition coefficient (Wildman–Crippen LogP) is 2.35. The topological polar surface area (TPSA) is 46.2 Å². The van der Waals surface area contributed by atoms with Crippen LogP contribution >= 0.6 is 11.6 Å². The van der Waals surface area contributed by atoms with Crippen LogP contribution in [0.5, 0.6) is 0 Å². The van der Waals surface area contributed by atoms with Gasteiger partial charge in [-0.2, -0.15) is 13.2 Å². The van der Waals surface area contributed by atoms with E-state index in [1.165, 1.54) is 0 Å². The molecule has 0 aromatic heterocycles. The quantitative estimate of drug-likeness (QED) is 0.832.